The summed E-state index contributed by atoms with van der Waals surface area (Å²) in [6, 6.07) is 8.61. The number of carbonyl (C=O) groups excluding carboxylic acids is 1. The molecule has 158 valence electrons. The van der Waals surface area contributed by atoms with Crippen LogP contribution in [0.3, 0.4) is 0 Å². The molecule has 0 spiro atoms. The van der Waals surface area contributed by atoms with Gasteiger partial charge in [0, 0.05) is 31.0 Å². The fraction of sp³-hybridized carbons (Fsp3) is 0.250. The Morgan fingerprint density at radius 3 is 2.53 bits per heavy atom. The molecule has 1 aromatic carbocycles. The molecule has 7 nitrogen and oxygen atoms in total. The molecule has 0 radical (unpaired) electrons. The molecule has 0 saturated carbocycles. The van der Waals surface area contributed by atoms with E-state index in [0.717, 1.165) is 18.9 Å². The molecule has 0 aliphatic carbocycles. The van der Waals surface area contributed by atoms with E-state index in [-0.39, 0.29) is 17.2 Å². The van der Waals surface area contributed by atoms with Gasteiger partial charge in [-0.15, -0.1) is 0 Å². The van der Waals surface area contributed by atoms with E-state index < -0.39 is 15.8 Å². The number of unbranched alkanes of at least 4 members (excludes halogenated alkanes) is 2. The Morgan fingerprint density at radius 2 is 1.77 bits per heavy atom. The maximum absolute atomic E-state index is 13.6. The van der Waals surface area contributed by atoms with Crippen LogP contribution in [0.15, 0.2) is 59.9 Å². The SMILES string of the molecule is O=C(c1ccncc1)c1cnc(NCCCCCNS(=O)(=O)c2ccccc2F)s1. The number of sulfonamides is 1. The summed E-state index contributed by atoms with van der Waals surface area (Å²) in [6.45, 7) is 0.884. The summed E-state index contributed by atoms with van der Waals surface area (Å²) in [5.74, 6) is -0.857. The lowest BCUT2D eigenvalue weighted by molar-refractivity contribution is 0.104. The van der Waals surface area contributed by atoms with Gasteiger partial charge in [-0.2, -0.15) is 0 Å². The van der Waals surface area contributed by atoms with Crippen molar-refractivity contribution in [3.8, 4) is 0 Å². The number of anilines is 1. The monoisotopic (exact) mass is 448 g/mol. The summed E-state index contributed by atoms with van der Waals surface area (Å²) >= 11 is 1.29. The molecule has 3 aromatic rings. The second kappa shape index (κ2) is 10.4. The minimum absolute atomic E-state index is 0.0925. The van der Waals surface area contributed by atoms with E-state index in [9.17, 15) is 17.6 Å². The Bertz CT molecular complexity index is 1090. The van der Waals surface area contributed by atoms with Crippen LogP contribution in [0, 0.1) is 5.82 Å². The molecule has 30 heavy (non-hydrogen) atoms. The Balaban J connectivity index is 1.36. The number of halogens is 1. The highest BCUT2D eigenvalue weighted by Gasteiger charge is 2.17. The number of rotatable bonds is 11. The maximum atomic E-state index is 13.6. The predicted molar refractivity (Wildman–Crippen MR) is 114 cm³/mol. The molecule has 10 heteroatoms. The molecule has 0 amide bonds. The summed E-state index contributed by atoms with van der Waals surface area (Å²) in [7, 11) is -3.84. The molecule has 0 saturated heterocycles. The Labute approximate surface area is 178 Å². The Morgan fingerprint density at radius 1 is 1.03 bits per heavy atom. The zero-order valence-corrected chi connectivity index (χ0v) is 17.7. The number of hydrogen-bond donors (Lipinski definition) is 2. The highest BCUT2D eigenvalue weighted by molar-refractivity contribution is 7.89. The fourth-order valence-corrected chi connectivity index (χ4v) is 4.63. The number of thiazole rings is 1. The van der Waals surface area contributed by atoms with Gasteiger partial charge in [0.25, 0.3) is 0 Å². The van der Waals surface area contributed by atoms with Crippen molar-refractivity contribution in [2.45, 2.75) is 24.2 Å². The standard InChI is InChI=1S/C20H21FN4O3S2/c21-16-6-2-3-7-18(16)30(27,28)25-11-5-1-4-10-23-20-24-14-17(29-20)19(26)15-8-12-22-13-9-15/h2-3,6-9,12-14,25H,1,4-5,10-11H2,(H,23,24). The maximum Gasteiger partial charge on any atom is 0.243 e. The molecule has 3 rings (SSSR count). The van der Waals surface area contributed by atoms with Gasteiger partial charge in [0.15, 0.2) is 5.13 Å². The molecule has 0 aliphatic rings. The number of nitrogens with zero attached hydrogens (tertiary/aromatic N) is 2. The van der Waals surface area contributed by atoms with E-state index >= 15 is 0 Å². The third-order valence-corrected chi connectivity index (χ3v) is 6.67. The third kappa shape index (κ3) is 5.91. The molecule has 2 N–H and O–H groups in total. The first-order chi connectivity index (χ1) is 14.5. The lowest BCUT2D eigenvalue weighted by Gasteiger charge is -2.07. The minimum atomic E-state index is -3.84. The van der Waals surface area contributed by atoms with E-state index in [4.69, 9.17) is 0 Å². The molecular formula is C20H21FN4O3S2. The van der Waals surface area contributed by atoms with Crippen LogP contribution in [0.2, 0.25) is 0 Å². The van der Waals surface area contributed by atoms with Crippen LogP contribution in [0.1, 0.15) is 34.5 Å². The van der Waals surface area contributed by atoms with E-state index in [1.165, 1.54) is 29.5 Å². The van der Waals surface area contributed by atoms with Crippen molar-refractivity contribution in [3.05, 3.63) is 71.2 Å². The van der Waals surface area contributed by atoms with Crippen LogP contribution in [-0.2, 0) is 10.0 Å². The first kappa shape index (κ1) is 22.0. The van der Waals surface area contributed by atoms with Gasteiger partial charge in [0.2, 0.25) is 15.8 Å². The van der Waals surface area contributed by atoms with Gasteiger partial charge in [-0.3, -0.25) is 9.78 Å². The average molecular weight is 449 g/mol. The number of benzene rings is 1. The van der Waals surface area contributed by atoms with Crippen molar-refractivity contribution in [2.24, 2.45) is 0 Å². The summed E-state index contributed by atoms with van der Waals surface area (Å²) in [4.78, 5) is 20.7. The second-order valence-corrected chi connectivity index (χ2v) is 9.18. The number of carbonyl (C=O) groups is 1. The van der Waals surface area contributed by atoms with Crippen LogP contribution in [0.4, 0.5) is 9.52 Å². The van der Waals surface area contributed by atoms with Gasteiger partial charge >= 0.3 is 0 Å². The molecule has 0 atom stereocenters. The van der Waals surface area contributed by atoms with Crippen LogP contribution in [0.25, 0.3) is 0 Å². The van der Waals surface area contributed by atoms with E-state index in [0.29, 0.717) is 28.5 Å². The van der Waals surface area contributed by atoms with Gasteiger partial charge in [-0.1, -0.05) is 29.9 Å². The van der Waals surface area contributed by atoms with E-state index in [1.807, 2.05) is 0 Å². The smallest absolute Gasteiger partial charge is 0.243 e. The molecule has 0 fully saturated rings. The van der Waals surface area contributed by atoms with Crippen LogP contribution >= 0.6 is 11.3 Å². The number of hydrogen-bond acceptors (Lipinski definition) is 7. The van der Waals surface area contributed by atoms with Crippen LogP contribution in [0.5, 0.6) is 0 Å². The van der Waals surface area contributed by atoms with Crippen molar-refractivity contribution in [3.63, 3.8) is 0 Å². The number of nitrogens with one attached hydrogen (secondary N) is 2. The average Bonchev–Trinajstić information content (AvgIpc) is 3.22. The highest BCUT2D eigenvalue weighted by Crippen LogP contribution is 2.21. The number of aromatic nitrogens is 2. The normalized spacial score (nSPS) is 11.4. The van der Waals surface area contributed by atoms with Gasteiger partial charge in [0.05, 0.1) is 11.1 Å². The minimum Gasteiger partial charge on any atom is -0.362 e. The zero-order chi connectivity index (χ0) is 21.4. The van der Waals surface area contributed by atoms with Crippen molar-refractivity contribution in [2.75, 3.05) is 18.4 Å². The van der Waals surface area contributed by atoms with Crippen molar-refractivity contribution >= 4 is 32.3 Å². The van der Waals surface area contributed by atoms with Crippen molar-refractivity contribution < 1.29 is 17.6 Å². The van der Waals surface area contributed by atoms with Crippen molar-refractivity contribution in [1.29, 1.82) is 0 Å². The van der Waals surface area contributed by atoms with Gasteiger partial charge < -0.3 is 5.32 Å². The second-order valence-electron chi connectivity index (χ2n) is 6.41. The van der Waals surface area contributed by atoms with E-state index in [1.54, 1.807) is 30.7 Å². The summed E-state index contributed by atoms with van der Waals surface area (Å²) in [5, 5.41) is 3.83. The summed E-state index contributed by atoms with van der Waals surface area (Å²) < 4.78 is 40.2. The number of ketones is 1. The lowest BCUT2D eigenvalue weighted by atomic mass is 10.1. The molecule has 2 heterocycles. The summed E-state index contributed by atoms with van der Waals surface area (Å²) in [6.07, 6.45) is 6.90. The van der Waals surface area contributed by atoms with Crippen molar-refractivity contribution in [1.82, 2.24) is 14.7 Å². The Kier molecular flexibility index (Phi) is 7.61. The summed E-state index contributed by atoms with van der Waals surface area (Å²) in [5.41, 5.74) is 0.568. The van der Waals surface area contributed by atoms with Gasteiger partial charge in [-0.25, -0.2) is 22.5 Å². The molecule has 2 aromatic heterocycles. The van der Waals surface area contributed by atoms with Gasteiger partial charge in [0.1, 0.15) is 10.7 Å². The van der Waals surface area contributed by atoms with Crippen LogP contribution in [-0.4, -0.2) is 37.3 Å². The number of pyridine rings is 1. The van der Waals surface area contributed by atoms with E-state index in [2.05, 4.69) is 20.0 Å². The fourth-order valence-electron chi connectivity index (χ4n) is 2.68. The topological polar surface area (TPSA) is 101 Å². The van der Waals surface area contributed by atoms with Gasteiger partial charge in [-0.05, 0) is 37.1 Å². The largest absolute Gasteiger partial charge is 0.362 e. The molecule has 0 aliphatic heterocycles. The first-order valence-corrected chi connectivity index (χ1v) is 11.7. The predicted octanol–water partition coefficient (Wildman–Crippen LogP) is 3.47. The lowest BCUT2D eigenvalue weighted by Crippen LogP contribution is -2.25. The zero-order valence-electron chi connectivity index (χ0n) is 16.0. The molecule has 0 bridgehead atoms. The Hall–Kier alpha value is -2.69. The third-order valence-electron chi connectivity index (χ3n) is 4.22. The first-order valence-electron chi connectivity index (χ1n) is 9.36. The van der Waals surface area contributed by atoms with Crippen LogP contribution < -0.4 is 10.0 Å². The highest BCUT2D eigenvalue weighted by atomic mass is 32.2. The quantitative estimate of drug-likeness (QED) is 0.344. The molecular weight excluding hydrogens is 427 g/mol. The molecule has 0 unspecified atom stereocenters.